The molecule has 0 atom stereocenters. The fourth-order valence-electron chi connectivity index (χ4n) is 1.61. The van der Waals surface area contributed by atoms with Crippen LogP contribution in [-0.2, 0) is 10.0 Å². The Hall–Kier alpha value is -0.535. The van der Waals surface area contributed by atoms with E-state index in [2.05, 4.69) is 6.58 Å². The van der Waals surface area contributed by atoms with E-state index in [1.165, 1.54) is 4.31 Å². The van der Waals surface area contributed by atoms with Gasteiger partial charge in [-0.15, -0.1) is 12.1 Å². The predicted octanol–water partition coefficient (Wildman–Crippen LogP) is 0.506. The molecule has 0 aromatic heterocycles. The summed E-state index contributed by atoms with van der Waals surface area (Å²) < 4.78 is 60.5. The Kier molecular flexibility index (Phi) is 4.26. The molecular formula is C8H15BF3N2O2S-. The smallest absolute Gasteiger partial charge is 0.445 e. The maximum Gasteiger partial charge on any atom is 0.506 e. The van der Waals surface area contributed by atoms with Crippen molar-refractivity contribution < 1.29 is 21.4 Å². The Bertz CT molecular complexity index is 388. The van der Waals surface area contributed by atoms with Crippen LogP contribution in [0.25, 0.3) is 0 Å². The zero-order valence-electron chi connectivity index (χ0n) is 9.57. The van der Waals surface area contributed by atoms with E-state index < -0.39 is 22.5 Å². The molecule has 1 aliphatic heterocycles. The van der Waals surface area contributed by atoms with Crippen molar-refractivity contribution in [2.24, 2.45) is 0 Å². The third-order valence-electron chi connectivity index (χ3n) is 2.69. The van der Waals surface area contributed by atoms with Crippen molar-refractivity contribution in [1.29, 1.82) is 0 Å². The van der Waals surface area contributed by atoms with Crippen LogP contribution in [0.2, 0.25) is 0 Å². The van der Waals surface area contributed by atoms with Crippen LogP contribution >= 0.6 is 0 Å². The van der Waals surface area contributed by atoms with Gasteiger partial charge in [0.25, 0.3) is 0 Å². The third kappa shape index (κ3) is 4.32. The minimum absolute atomic E-state index is 0.233. The predicted molar refractivity (Wildman–Crippen MR) is 61.1 cm³/mol. The second-order valence-corrected chi connectivity index (χ2v) is 6.15. The van der Waals surface area contributed by atoms with E-state index in [9.17, 15) is 21.4 Å². The summed E-state index contributed by atoms with van der Waals surface area (Å²) in [7, 11) is -3.24. The van der Waals surface area contributed by atoms with Crippen molar-refractivity contribution in [2.75, 3.05) is 39.0 Å². The highest BCUT2D eigenvalue weighted by Crippen LogP contribution is 2.19. The molecule has 0 bridgehead atoms. The van der Waals surface area contributed by atoms with E-state index in [4.69, 9.17) is 0 Å². The van der Waals surface area contributed by atoms with Crippen LogP contribution in [0, 0.1) is 0 Å². The zero-order valence-corrected chi connectivity index (χ0v) is 10.4. The summed E-state index contributed by atoms with van der Waals surface area (Å²) in [6.45, 7) is -1.15. The van der Waals surface area contributed by atoms with Crippen molar-refractivity contribution in [3.05, 3.63) is 12.1 Å². The topological polar surface area (TPSA) is 40.6 Å². The molecule has 1 saturated heterocycles. The minimum atomic E-state index is -5.00. The van der Waals surface area contributed by atoms with Crippen LogP contribution in [0.4, 0.5) is 12.9 Å². The summed E-state index contributed by atoms with van der Waals surface area (Å²) in [6, 6.07) is 0. The molecule has 0 aromatic carbocycles. The third-order valence-corrected chi connectivity index (χ3v) is 3.99. The highest BCUT2D eigenvalue weighted by atomic mass is 32.2. The number of sulfonamides is 1. The normalized spacial score (nSPS) is 20.5. The van der Waals surface area contributed by atoms with Gasteiger partial charge in [-0.2, -0.15) is 4.31 Å². The highest BCUT2D eigenvalue weighted by Gasteiger charge is 2.29. The van der Waals surface area contributed by atoms with Crippen LogP contribution in [0.5, 0.6) is 0 Å². The number of halogens is 3. The summed E-state index contributed by atoms with van der Waals surface area (Å²) in [5.74, 6) is 0. The van der Waals surface area contributed by atoms with Crippen molar-refractivity contribution >= 4 is 17.0 Å². The van der Waals surface area contributed by atoms with Gasteiger partial charge in [-0.05, 0) is 6.54 Å². The molecule has 100 valence electrons. The van der Waals surface area contributed by atoms with Crippen LogP contribution in [0.3, 0.4) is 0 Å². The molecule has 0 spiro atoms. The summed E-state index contributed by atoms with van der Waals surface area (Å²) in [4.78, 5) is 1.57. The maximum atomic E-state index is 12.3. The van der Waals surface area contributed by atoms with Gasteiger partial charge in [-0.1, -0.05) is 0 Å². The van der Waals surface area contributed by atoms with Gasteiger partial charge in [0.05, 0.1) is 6.26 Å². The molecule has 1 heterocycles. The lowest BCUT2D eigenvalue weighted by molar-refractivity contribution is 0.201. The molecule has 0 aliphatic carbocycles. The summed E-state index contributed by atoms with van der Waals surface area (Å²) >= 11 is 0. The van der Waals surface area contributed by atoms with Crippen LogP contribution in [0.1, 0.15) is 0 Å². The van der Waals surface area contributed by atoms with Gasteiger partial charge in [-0.25, -0.2) is 8.42 Å². The Balaban J connectivity index is 2.46. The summed E-state index contributed by atoms with van der Waals surface area (Å²) in [6.07, 6.45) is 1.10. The lowest BCUT2D eigenvalue weighted by Crippen LogP contribution is -2.49. The van der Waals surface area contributed by atoms with Gasteiger partial charge in [0.2, 0.25) is 10.0 Å². The van der Waals surface area contributed by atoms with Gasteiger partial charge in [0.15, 0.2) is 0 Å². The lowest BCUT2D eigenvalue weighted by Gasteiger charge is -2.35. The first-order chi connectivity index (χ1) is 7.60. The molecule has 0 N–H and O–H groups in total. The Morgan fingerprint density at radius 3 is 2.06 bits per heavy atom. The van der Waals surface area contributed by atoms with E-state index >= 15 is 0 Å². The average Bonchev–Trinajstić information content (AvgIpc) is 2.15. The highest BCUT2D eigenvalue weighted by molar-refractivity contribution is 7.88. The molecule has 4 nitrogen and oxygen atoms in total. The first-order valence-electron chi connectivity index (χ1n) is 5.16. The van der Waals surface area contributed by atoms with E-state index in [1.807, 2.05) is 0 Å². The Morgan fingerprint density at radius 2 is 1.71 bits per heavy atom. The van der Waals surface area contributed by atoms with Crippen molar-refractivity contribution in [1.82, 2.24) is 9.21 Å². The average molecular weight is 271 g/mol. The Labute approximate surface area is 99.2 Å². The molecule has 1 fully saturated rings. The largest absolute Gasteiger partial charge is 0.506 e. The number of piperazine rings is 1. The van der Waals surface area contributed by atoms with Crippen molar-refractivity contribution in [2.45, 2.75) is 0 Å². The summed E-state index contributed by atoms with van der Waals surface area (Å²) in [5, 5.41) is 0. The second-order valence-electron chi connectivity index (χ2n) is 4.17. The number of hydrogen-bond acceptors (Lipinski definition) is 3. The number of nitrogens with zero attached hydrogens (tertiary/aromatic N) is 2. The Morgan fingerprint density at radius 1 is 1.24 bits per heavy atom. The van der Waals surface area contributed by atoms with Gasteiger partial charge in [-0.3, -0.25) is 4.90 Å². The van der Waals surface area contributed by atoms with Gasteiger partial charge >= 0.3 is 6.98 Å². The molecule has 1 aliphatic rings. The molecule has 0 saturated carbocycles. The van der Waals surface area contributed by atoms with E-state index in [1.54, 1.807) is 4.90 Å². The number of hydrogen-bond donors (Lipinski definition) is 0. The van der Waals surface area contributed by atoms with Crippen LogP contribution < -0.4 is 0 Å². The van der Waals surface area contributed by atoms with E-state index in [0.717, 1.165) is 6.26 Å². The minimum Gasteiger partial charge on any atom is -0.445 e. The van der Waals surface area contributed by atoms with Crippen molar-refractivity contribution in [3.63, 3.8) is 0 Å². The first kappa shape index (κ1) is 14.5. The standard InChI is InChI=1S/C8H15BF3N2O2S/c1-8(9(10,11)12)7-13-3-5-14(6-4-13)17(2,15)16/h1,3-7H2,2H3/q-1. The molecule has 1 rings (SSSR count). The molecule has 17 heavy (non-hydrogen) atoms. The zero-order chi connectivity index (χ0) is 13.3. The lowest BCUT2D eigenvalue weighted by atomic mass is 9.80. The fourth-order valence-corrected chi connectivity index (χ4v) is 2.44. The van der Waals surface area contributed by atoms with E-state index in [-0.39, 0.29) is 19.6 Å². The van der Waals surface area contributed by atoms with Gasteiger partial charge in [0.1, 0.15) is 0 Å². The van der Waals surface area contributed by atoms with Crippen molar-refractivity contribution in [3.8, 4) is 0 Å². The molecule has 0 aromatic rings. The second kappa shape index (κ2) is 4.99. The van der Waals surface area contributed by atoms with Gasteiger partial charge < -0.3 is 12.9 Å². The molecule has 0 radical (unpaired) electrons. The SMILES string of the molecule is C=C(CN1CCN(S(C)(=O)=O)CC1)[B-](F)(F)F. The maximum absolute atomic E-state index is 12.3. The molecule has 0 amide bonds. The quantitative estimate of drug-likeness (QED) is 0.699. The van der Waals surface area contributed by atoms with Crippen LogP contribution in [0.15, 0.2) is 12.1 Å². The molecular weight excluding hydrogens is 256 g/mol. The van der Waals surface area contributed by atoms with Gasteiger partial charge in [0, 0.05) is 26.2 Å². The van der Waals surface area contributed by atoms with Crippen LogP contribution in [-0.4, -0.2) is 63.6 Å². The monoisotopic (exact) mass is 271 g/mol. The summed E-state index contributed by atoms with van der Waals surface area (Å²) in [5.41, 5.74) is -0.738. The van der Waals surface area contributed by atoms with E-state index in [0.29, 0.717) is 13.1 Å². The first-order valence-corrected chi connectivity index (χ1v) is 7.00. The fraction of sp³-hybridized carbons (Fsp3) is 0.750. The molecule has 0 unspecified atom stereocenters. The molecule has 9 heteroatoms. The number of rotatable bonds is 4.